The van der Waals surface area contributed by atoms with Crippen LogP contribution in [0.1, 0.15) is 23.7 Å². The van der Waals surface area contributed by atoms with E-state index in [1.165, 1.54) is 20.5 Å². The minimum atomic E-state index is -0.457. The molecule has 3 rings (SSSR count). The fourth-order valence-corrected chi connectivity index (χ4v) is 2.67. The Morgan fingerprint density at radius 3 is 2.64 bits per heavy atom. The van der Waals surface area contributed by atoms with Gasteiger partial charge in [-0.2, -0.15) is 0 Å². The first-order chi connectivity index (χ1) is 13.6. The normalized spacial score (nSPS) is 10.5. The first-order valence-electron chi connectivity index (χ1n) is 8.72. The summed E-state index contributed by atoms with van der Waals surface area (Å²) in [5.74, 6) is 1.06. The van der Waals surface area contributed by atoms with Gasteiger partial charge < -0.3 is 25.1 Å². The summed E-state index contributed by atoms with van der Waals surface area (Å²) in [6.45, 7) is 2.76. The van der Waals surface area contributed by atoms with Crippen LogP contribution in [0.4, 0.5) is 11.5 Å². The Labute approximate surface area is 161 Å². The van der Waals surface area contributed by atoms with Crippen molar-refractivity contribution in [1.82, 2.24) is 15.0 Å². The smallest absolute Gasteiger partial charge is 0.273 e. The van der Waals surface area contributed by atoms with Crippen LogP contribution < -0.4 is 25.7 Å². The molecule has 0 fully saturated rings. The maximum absolute atomic E-state index is 12.6. The molecule has 146 valence electrons. The molecule has 9 nitrogen and oxygen atoms in total. The molecule has 3 N–H and O–H groups in total. The summed E-state index contributed by atoms with van der Waals surface area (Å²) in [5.41, 5.74) is 0.358. The van der Waals surface area contributed by atoms with E-state index in [9.17, 15) is 9.59 Å². The molecular weight excluding hydrogens is 362 g/mol. The zero-order valence-electron chi connectivity index (χ0n) is 15.8. The largest absolute Gasteiger partial charge is 0.493 e. The molecule has 0 saturated heterocycles. The van der Waals surface area contributed by atoms with Crippen LogP contribution in [0.3, 0.4) is 0 Å². The number of fused-ring (bicyclic) bond motifs is 1. The van der Waals surface area contributed by atoms with Crippen molar-refractivity contribution in [2.45, 2.75) is 13.3 Å². The molecule has 9 heteroatoms. The van der Waals surface area contributed by atoms with E-state index >= 15 is 0 Å². The summed E-state index contributed by atoms with van der Waals surface area (Å²) in [6.07, 6.45) is 2.29. The molecule has 0 aliphatic carbocycles. The van der Waals surface area contributed by atoms with Gasteiger partial charge in [0.15, 0.2) is 11.5 Å². The third-order valence-electron chi connectivity index (χ3n) is 4.09. The molecule has 28 heavy (non-hydrogen) atoms. The number of rotatable bonds is 7. The molecule has 0 unspecified atom stereocenters. The first kappa shape index (κ1) is 19.2. The van der Waals surface area contributed by atoms with E-state index in [0.29, 0.717) is 33.9 Å². The minimum absolute atomic E-state index is 0.0987. The lowest BCUT2D eigenvalue weighted by Gasteiger charge is -2.11. The second-order valence-corrected chi connectivity index (χ2v) is 5.95. The zero-order chi connectivity index (χ0) is 20.1. The number of hydrogen-bond donors (Lipinski definition) is 3. The van der Waals surface area contributed by atoms with Gasteiger partial charge in [0.05, 0.1) is 19.6 Å². The standard InChI is InChI=1S/C19H21N5O4/c1-4-7-20-16-12-9-13(19(26)24-17(12)22-10-21-16)23-18(25)11-5-6-14(27-2)15(8-11)28-3/h5-6,8-10H,4,7H2,1-3H3,(H,23,25)(H2,20,21,22,24,26). The van der Waals surface area contributed by atoms with E-state index in [0.717, 1.165) is 13.0 Å². The number of carbonyl (C=O) groups is 1. The van der Waals surface area contributed by atoms with Crippen LogP contribution in [0.2, 0.25) is 0 Å². The van der Waals surface area contributed by atoms with Crippen LogP contribution in [-0.4, -0.2) is 41.6 Å². The van der Waals surface area contributed by atoms with Crippen molar-refractivity contribution >= 4 is 28.4 Å². The Balaban J connectivity index is 1.94. The second kappa shape index (κ2) is 8.38. The number of H-pyrrole nitrogens is 1. The van der Waals surface area contributed by atoms with Crippen molar-refractivity contribution < 1.29 is 14.3 Å². The van der Waals surface area contributed by atoms with E-state index in [4.69, 9.17) is 9.47 Å². The fraction of sp³-hybridized carbons (Fsp3) is 0.263. The maximum atomic E-state index is 12.6. The molecule has 0 radical (unpaired) electrons. The highest BCUT2D eigenvalue weighted by Crippen LogP contribution is 2.28. The summed E-state index contributed by atoms with van der Waals surface area (Å²) in [4.78, 5) is 35.9. The lowest BCUT2D eigenvalue weighted by molar-refractivity contribution is 0.102. The molecule has 2 aromatic heterocycles. The van der Waals surface area contributed by atoms with Crippen molar-refractivity contribution in [3.63, 3.8) is 0 Å². The Bertz CT molecular complexity index is 1060. The number of nitrogens with one attached hydrogen (secondary N) is 3. The minimum Gasteiger partial charge on any atom is -0.493 e. The monoisotopic (exact) mass is 383 g/mol. The van der Waals surface area contributed by atoms with Gasteiger partial charge in [-0.15, -0.1) is 0 Å². The molecule has 1 amide bonds. The number of aromatic amines is 1. The number of nitrogens with zero attached hydrogens (tertiary/aromatic N) is 2. The molecule has 0 aliphatic heterocycles. The third-order valence-corrected chi connectivity index (χ3v) is 4.09. The van der Waals surface area contributed by atoms with Crippen LogP contribution in [-0.2, 0) is 0 Å². The summed E-state index contributed by atoms with van der Waals surface area (Å²) in [6, 6.07) is 6.31. The number of aromatic nitrogens is 3. The van der Waals surface area contributed by atoms with Gasteiger partial charge in [0.25, 0.3) is 11.5 Å². The number of methoxy groups -OCH3 is 2. The highest BCUT2D eigenvalue weighted by molar-refractivity contribution is 6.05. The SMILES string of the molecule is CCCNc1ncnc2[nH]c(=O)c(NC(=O)c3ccc(OC)c(OC)c3)cc12. The average molecular weight is 383 g/mol. The van der Waals surface area contributed by atoms with E-state index in [2.05, 4.69) is 25.6 Å². The fourth-order valence-electron chi connectivity index (χ4n) is 2.67. The summed E-state index contributed by atoms with van der Waals surface area (Å²) >= 11 is 0. The van der Waals surface area contributed by atoms with Crippen LogP contribution in [0.15, 0.2) is 35.4 Å². The highest BCUT2D eigenvalue weighted by Gasteiger charge is 2.14. The molecule has 0 spiro atoms. The van der Waals surface area contributed by atoms with Crippen LogP contribution >= 0.6 is 0 Å². The predicted molar refractivity (Wildman–Crippen MR) is 106 cm³/mol. The third kappa shape index (κ3) is 3.88. The lowest BCUT2D eigenvalue weighted by atomic mass is 10.2. The van der Waals surface area contributed by atoms with Crippen molar-refractivity contribution in [3.8, 4) is 11.5 Å². The van der Waals surface area contributed by atoms with Crippen molar-refractivity contribution in [3.05, 3.63) is 46.5 Å². The molecular formula is C19H21N5O4. The van der Waals surface area contributed by atoms with E-state index in [1.807, 2.05) is 6.92 Å². The topological polar surface area (TPSA) is 118 Å². The van der Waals surface area contributed by atoms with Crippen molar-refractivity contribution in [2.75, 3.05) is 31.4 Å². The second-order valence-electron chi connectivity index (χ2n) is 5.95. The van der Waals surface area contributed by atoms with Gasteiger partial charge in [0, 0.05) is 12.1 Å². The number of ether oxygens (including phenoxy) is 2. The Hall–Kier alpha value is -3.62. The van der Waals surface area contributed by atoms with Crippen molar-refractivity contribution in [1.29, 1.82) is 0 Å². The molecule has 3 aromatic rings. The Morgan fingerprint density at radius 1 is 1.14 bits per heavy atom. The molecule has 1 aromatic carbocycles. The summed E-state index contributed by atoms with van der Waals surface area (Å²) in [5, 5.41) is 6.42. The van der Waals surface area contributed by atoms with Gasteiger partial charge in [-0.25, -0.2) is 9.97 Å². The zero-order valence-corrected chi connectivity index (χ0v) is 15.8. The van der Waals surface area contributed by atoms with Gasteiger partial charge in [-0.1, -0.05) is 6.92 Å². The average Bonchev–Trinajstić information content (AvgIpc) is 2.72. The van der Waals surface area contributed by atoms with Crippen LogP contribution in [0.25, 0.3) is 11.0 Å². The van der Waals surface area contributed by atoms with E-state index in [1.54, 1.807) is 24.3 Å². The van der Waals surface area contributed by atoms with E-state index in [-0.39, 0.29) is 5.69 Å². The number of pyridine rings is 1. The number of benzene rings is 1. The number of carbonyl (C=O) groups excluding carboxylic acids is 1. The van der Waals surface area contributed by atoms with Crippen LogP contribution in [0.5, 0.6) is 11.5 Å². The quantitative estimate of drug-likeness (QED) is 0.573. The van der Waals surface area contributed by atoms with Crippen molar-refractivity contribution in [2.24, 2.45) is 0 Å². The number of amides is 1. The van der Waals surface area contributed by atoms with Gasteiger partial charge in [-0.05, 0) is 30.7 Å². The maximum Gasteiger partial charge on any atom is 0.273 e. The highest BCUT2D eigenvalue weighted by atomic mass is 16.5. The molecule has 2 heterocycles. The van der Waals surface area contributed by atoms with Gasteiger partial charge >= 0.3 is 0 Å². The van der Waals surface area contributed by atoms with E-state index < -0.39 is 11.5 Å². The Kier molecular flexibility index (Phi) is 5.73. The molecule has 0 aliphatic rings. The summed E-state index contributed by atoms with van der Waals surface area (Å²) in [7, 11) is 3.00. The molecule has 0 atom stereocenters. The number of hydrogen-bond acceptors (Lipinski definition) is 7. The van der Waals surface area contributed by atoms with Gasteiger partial charge in [0.2, 0.25) is 0 Å². The Morgan fingerprint density at radius 2 is 1.93 bits per heavy atom. The lowest BCUT2D eigenvalue weighted by Crippen LogP contribution is -2.20. The van der Waals surface area contributed by atoms with Gasteiger partial charge in [-0.3, -0.25) is 9.59 Å². The summed E-state index contributed by atoms with van der Waals surface area (Å²) < 4.78 is 10.4. The first-order valence-corrected chi connectivity index (χ1v) is 8.72. The van der Waals surface area contributed by atoms with Crippen LogP contribution in [0, 0.1) is 0 Å². The molecule has 0 bridgehead atoms. The predicted octanol–water partition coefficient (Wildman–Crippen LogP) is 2.41. The molecule has 0 saturated carbocycles. The number of anilines is 2. The van der Waals surface area contributed by atoms with Gasteiger partial charge in [0.1, 0.15) is 23.5 Å².